The fourth-order valence-corrected chi connectivity index (χ4v) is 3.39. The molecule has 0 aromatic carbocycles. The first kappa shape index (κ1) is 18.2. The monoisotopic (exact) mass is 326 g/mol. The van der Waals surface area contributed by atoms with Crippen LogP contribution < -0.4 is 0 Å². The number of hydrogen-bond donors (Lipinski definition) is 0. The molecule has 6 nitrogen and oxygen atoms in total. The molecule has 1 aliphatic heterocycles. The molecule has 1 aliphatic carbocycles. The first-order valence-electron chi connectivity index (χ1n) is 8.85. The van der Waals surface area contributed by atoms with Gasteiger partial charge < -0.3 is 19.3 Å². The van der Waals surface area contributed by atoms with Crippen molar-refractivity contribution in [3.05, 3.63) is 0 Å². The molecule has 2 aliphatic rings. The Morgan fingerprint density at radius 3 is 2.35 bits per heavy atom. The number of methoxy groups -OCH3 is 1. The zero-order valence-electron chi connectivity index (χ0n) is 14.3. The molecule has 1 heterocycles. The first-order valence-corrected chi connectivity index (χ1v) is 8.85. The van der Waals surface area contributed by atoms with Gasteiger partial charge >= 0.3 is 0 Å². The van der Waals surface area contributed by atoms with Crippen LogP contribution in [-0.2, 0) is 19.1 Å². The van der Waals surface area contributed by atoms with Crippen molar-refractivity contribution in [1.82, 2.24) is 9.80 Å². The van der Waals surface area contributed by atoms with E-state index in [0.717, 1.165) is 25.8 Å². The lowest BCUT2D eigenvalue weighted by Crippen LogP contribution is -2.41. The number of rotatable bonds is 6. The third kappa shape index (κ3) is 5.77. The molecule has 0 N–H and O–H groups in total. The molecule has 2 rings (SSSR count). The van der Waals surface area contributed by atoms with Crippen LogP contribution in [0.3, 0.4) is 0 Å². The third-order valence-electron chi connectivity index (χ3n) is 4.77. The molecule has 0 aromatic heterocycles. The molecule has 0 atom stereocenters. The van der Waals surface area contributed by atoms with Gasteiger partial charge in [-0.1, -0.05) is 19.3 Å². The average Bonchev–Trinajstić information content (AvgIpc) is 2.85. The van der Waals surface area contributed by atoms with Crippen molar-refractivity contribution < 1.29 is 19.1 Å². The van der Waals surface area contributed by atoms with Crippen LogP contribution in [0.2, 0.25) is 0 Å². The number of hydrogen-bond acceptors (Lipinski definition) is 4. The van der Waals surface area contributed by atoms with Crippen LogP contribution in [0.4, 0.5) is 0 Å². The minimum absolute atomic E-state index is 0.00747. The van der Waals surface area contributed by atoms with Crippen molar-refractivity contribution >= 4 is 11.8 Å². The van der Waals surface area contributed by atoms with Crippen LogP contribution in [0.25, 0.3) is 0 Å². The smallest absolute Gasteiger partial charge is 0.248 e. The largest absolute Gasteiger partial charge is 0.382 e. The Balaban J connectivity index is 1.75. The number of nitrogens with zero attached hydrogens (tertiary/aromatic N) is 2. The van der Waals surface area contributed by atoms with Gasteiger partial charge in [0.1, 0.15) is 6.61 Å². The van der Waals surface area contributed by atoms with E-state index in [1.165, 1.54) is 19.3 Å². The van der Waals surface area contributed by atoms with Gasteiger partial charge in [-0.15, -0.1) is 0 Å². The highest BCUT2D eigenvalue weighted by molar-refractivity contribution is 5.80. The van der Waals surface area contributed by atoms with E-state index in [0.29, 0.717) is 38.8 Å². The van der Waals surface area contributed by atoms with Crippen molar-refractivity contribution in [2.24, 2.45) is 5.92 Å². The summed E-state index contributed by atoms with van der Waals surface area (Å²) in [5.41, 5.74) is 0. The number of ether oxygens (including phenoxy) is 2. The SMILES string of the molecule is COCCOCC(=O)N1CCCN(C(=O)C2CCCCC2)CC1. The van der Waals surface area contributed by atoms with Crippen LogP contribution in [0.15, 0.2) is 0 Å². The number of carbonyl (C=O) groups is 2. The van der Waals surface area contributed by atoms with Crippen molar-refractivity contribution in [2.45, 2.75) is 38.5 Å². The second-order valence-electron chi connectivity index (χ2n) is 6.44. The zero-order valence-corrected chi connectivity index (χ0v) is 14.3. The van der Waals surface area contributed by atoms with Crippen LogP contribution >= 0.6 is 0 Å². The van der Waals surface area contributed by atoms with Crippen LogP contribution in [0, 0.1) is 5.92 Å². The van der Waals surface area contributed by atoms with Crippen molar-refractivity contribution in [3.63, 3.8) is 0 Å². The van der Waals surface area contributed by atoms with E-state index in [-0.39, 0.29) is 18.4 Å². The second kappa shape index (κ2) is 9.88. The minimum Gasteiger partial charge on any atom is -0.382 e. The molecule has 1 saturated carbocycles. The Labute approximate surface area is 139 Å². The fraction of sp³-hybridized carbons (Fsp3) is 0.882. The van der Waals surface area contributed by atoms with E-state index in [2.05, 4.69) is 0 Å². The molecule has 23 heavy (non-hydrogen) atoms. The average molecular weight is 326 g/mol. The molecule has 132 valence electrons. The molecular formula is C17H30N2O4. The molecule has 0 aromatic rings. The molecule has 1 saturated heterocycles. The summed E-state index contributed by atoms with van der Waals surface area (Å²) in [6, 6.07) is 0. The summed E-state index contributed by atoms with van der Waals surface area (Å²) < 4.78 is 10.2. The summed E-state index contributed by atoms with van der Waals surface area (Å²) >= 11 is 0. The molecular weight excluding hydrogens is 296 g/mol. The Bertz CT molecular complexity index is 383. The van der Waals surface area contributed by atoms with Crippen molar-refractivity contribution in [1.29, 1.82) is 0 Å². The van der Waals surface area contributed by atoms with E-state index < -0.39 is 0 Å². The first-order chi connectivity index (χ1) is 11.2. The molecule has 0 spiro atoms. The number of amides is 2. The standard InChI is InChI=1S/C17H30N2O4/c1-22-12-13-23-14-16(20)18-8-5-9-19(11-10-18)17(21)15-6-3-2-4-7-15/h15H,2-14H2,1H3. The Morgan fingerprint density at radius 2 is 1.61 bits per heavy atom. The van der Waals surface area contributed by atoms with E-state index in [4.69, 9.17) is 9.47 Å². The van der Waals surface area contributed by atoms with Gasteiger partial charge in [-0.25, -0.2) is 0 Å². The van der Waals surface area contributed by atoms with Crippen LogP contribution in [0.5, 0.6) is 0 Å². The van der Waals surface area contributed by atoms with E-state index in [9.17, 15) is 9.59 Å². The third-order valence-corrected chi connectivity index (χ3v) is 4.77. The maximum Gasteiger partial charge on any atom is 0.248 e. The maximum atomic E-state index is 12.6. The van der Waals surface area contributed by atoms with Gasteiger partial charge in [0.15, 0.2) is 0 Å². The minimum atomic E-state index is 0.00747. The summed E-state index contributed by atoms with van der Waals surface area (Å²) in [6.07, 6.45) is 6.52. The fourth-order valence-electron chi connectivity index (χ4n) is 3.39. The zero-order chi connectivity index (χ0) is 16.5. The van der Waals surface area contributed by atoms with Crippen LogP contribution in [0.1, 0.15) is 38.5 Å². The molecule has 0 bridgehead atoms. The summed E-state index contributed by atoms with van der Waals surface area (Å²) in [5.74, 6) is 0.520. The molecule has 2 fully saturated rings. The summed E-state index contributed by atoms with van der Waals surface area (Å²) in [6.45, 7) is 3.77. The molecule has 0 radical (unpaired) electrons. The predicted octanol–water partition coefficient (Wildman–Crippen LogP) is 1.29. The molecule has 2 amide bonds. The predicted molar refractivity (Wildman–Crippen MR) is 87.0 cm³/mol. The van der Waals surface area contributed by atoms with Gasteiger partial charge in [0, 0.05) is 39.2 Å². The van der Waals surface area contributed by atoms with Crippen molar-refractivity contribution in [3.8, 4) is 0 Å². The second-order valence-corrected chi connectivity index (χ2v) is 6.44. The lowest BCUT2D eigenvalue weighted by atomic mass is 9.88. The van der Waals surface area contributed by atoms with E-state index in [1.807, 2.05) is 9.80 Å². The maximum absolute atomic E-state index is 12.6. The van der Waals surface area contributed by atoms with E-state index >= 15 is 0 Å². The van der Waals surface area contributed by atoms with Gasteiger partial charge in [0.25, 0.3) is 0 Å². The Hall–Kier alpha value is -1.14. The quantitative estimate of drug-likeness (QED) is 0.690. The topological polar surface area (TPSA) is 59.1 Å². The summed E-state index contributed by atoms with van der Waals surface area (Å²) in [7, 11) is 1.61. The number of carbonyl (C=O) groups excluding carboxylic acids is 2. The lowest BCUT2D eigenvalue weighted by molar-refractivity contribution is -0.138. The van der Waals surface area contributed by atoms with E-state index in [1.54, 1.807) is 7.11 Å². The summed E-state index contributed by atoms with van der Waals surface area (Å²) in [5, 5.41) is 0. The lowest BCUT2D eigenvalue weighted by Gasteiger charge is -2.28. The highest BCUT2D eigenvalue weighted by Gasteiger charge is 2.28. The van der Waals surface area contributed by atoms with Gasteiger partial charge in [-0.05, 0) is 19.3 Å². The normalized spacial score (nSPS) is 20.4. The highest BCUT2D eigenvalue weighted by atomic mass is 16.5. The van der Waals surface area contributed by atoms with Gasteiger partial charge in [-0.3, -0.25) is 9.59 Å². The Morgan fingerprint density at radius 1 is 0.913 bits per heavy atom. The van der Waals surface area contributed by atoms with Gasteiger partial charge in [-0.2, -0.15) is 0 Å². The Kier molecular flexibility index (Phi) is 7.82. The molecule has 6 heteroatoms. The van der Waals surface area contributed by atoms with Crippen molar-refractivity contribution in [2.75, 3.05) is 53.1 Å². The van der Waals surface area contributed by atoms with Crippen LogP contribution in [-0.4, -0.2) is 74.7 Å². The summed E-state index contributed by atoms with van der Waals surface area (Å²) in [4.78, 5) is 28.5. The van der Waals surface area contributed by atoms with Gasteiger partial charge in [0.05, 0.1) is 13.2 Å². The molecule has 0 unspecified atom stereocenters. The van der Waals surface area contributed by atoms with Gasteiger partial charge in [0.2, 0.25) is 11.8 Å². The highest BCUT2D eigenvalue weighted by Crippen LogP contribution is 2.25.